The molecule has 33 heteroatoms. The third-order valence-corrected chi connectivity index (χ3v) is 9.02. The Bertz CT molecular complexity index is 1390. The standard InChI is InChI=1S/C16H27NO12.C16H25NO12.IO4.2Na/c1-25-12-9(21)10(22)16(29-13(12)14(23)24)28-11-7(17-3-4-18)15(26-2)27-6(5-19)8(11)20;1-25-9(6-20)13(15(23)24)28-10(7-21)29-14-11(17-3-4-18)16(26-2)27-8(5-19)12(14)22;2-1(3,4)5;;/h4,6-13,15-17,19-22H,3,5H2,1-2H3,(H,23,24);4,6-14,16-17,19,22H,3,5H2,1-2H3,(H,23,24);;;/q;;-1;2*+1/p-1. The first-order valence-corrected chi connectivity index (χ1v) is 21.5. The number of carbonyl (C=O) groups is 6. The largest absolute Gasteiger partial charge is 1.00 e. The SMILES string of the molecule is COC(C=O)C(OC(C=O)OC1C(O)C(CO)OC(OC)C1NCC=O)C(=O)[O-].COC1OC(CO)C(O)C(OC2OC(C(=O)O)C(OC)C(O)C2O)C1NCC=O.[Na+].[Na+].[O-][I+3]([O-])([O-])[O-]. The van der Waals surface area contributed by atoms with Crippen molar-refractivity contribution in [2.24, 2.45) is 0 Å². The quantitative estimate of drug-likeness (QED) is 0.0199. The van der Waals surface area contributed by atoms with Crippen molar-refractivity contribution in [2.75, 3.05) is 54.7 Å². The Hall–Kier alpha value is -0.530. The molecule has 0 aliphatic carbocycles. The molecule has 0 spiro atoms. The molecule has 3 fully saturated rings. The second-order valence-corrected chi connectivity index (χ2v) is 15.0. The number of carboxylic acids is 2. The Kier molecular flexibility index (Phi) is 34.7. The van der Waals surface area contributed by atoms with Crippen molar-refractivity contribution in [3.05, 3.63) is 0 Å². The topological polar surface area (TPSA) is 476 Å². The number of methoxy groups -OCH3 is 4. The molecule has 366 valence electrons. The molecule has 0 aromatic carbocycles. The maximum absolute atomic E-state index is 11.5. The molecule has 3 aliphatic heterocycles. The van der Waals surface area contributed by atoms with Gasteiger partial charge in [0.25, 0.3) is 0 Å². The van der Waals surface area contributed by atoms with Gasteiger partial charge in [0.2, 0.25) is 6.29 Å². The number of ether oxygens (including phenoxy) is 10. The van der Waals surface area contributed by atoms with Crippen LogP contribution in [-0.4, -0.2) is 238 Å². The number of rotatable bonds is 23. The first kappa shape index (κ1) is 66.6. The molecule has 0 saturated carbocycles. The van der Waals surface area contributed by atoms with Crippen LogP contribution in [0, 0.1) is 0 Å². The minimum Gasteiger partial charge on any atom is -0.547 e. The minimum absolute atomic E-state index is 0. The van der Waals surface area contributed by atoms with Crippen molar-refractivity contribution in [3.8, 4) is 0 Å². The molecule has 65 heavy (non-hydrogen) atoms. The van der Waals surface area contributed by atoms with E-state index >= 15 is 0 Å². The van der Waals surface area contributed by atoms with Crippen molar-refractivity contribution < 1.29 is 210 Å². The molecule has 0 aromatic rings. The number of aliphatic carboxylic acids is 2. The Labute approximate surface area is 419 Å². The fraction of sp³-hybridized carbons (Fsp3) is 0.812. The molecule has 0 aromatic heterocycles. The van der Waals surface area contributed by atoms with Crippen LogP contribution in [0.25, 0.3) is 0 Å². The van der Waals surface area contributed by atoms with E-state index in [9.17, 15) is 69.6 Å². The van der Waals surface area contributed by atoms with Gasteiger partial charge in [-0.25, -0.2) is 4.79 Å². The zero-order chi connectivity index (χ0) is 48.2. The molecule has 0 bridgehead atoms. The van der Waals surface area contributed by atoms with E-state index in [1.807, 2.05) is 0 Å². The van der Waals surface area contributed by atoms with E-state index in [2.05, 4.69) is 15.4 Å². The van der Waals surface area contributed by atoms with Crippen molar-refractivity contribution in [3.63, 3.8) is 0 Å². The number of halogens is 1. The number of hydrogen-bond donors (Lipinski definition) is 9. The van der Waals surface area contributed by atoms with Crippen LogP contribution in [0.1, 0.15) is 0 Å². The number of aliphatic hydroxyl groups excluding tert-OH is 6. The molecule has 18 atom stereocenters. The first-order chi connectivity index (χ1) is 29.7. The normalized spacial score (nSPS) is 33.6. The van der Waals surface area contributed by atoms with Crippen LogP contribution in [-0.2, 0) is 76.1 Å². The van der Waals surface area contributed by atoms with E-state index in [4.69, 9.17) is 56.4 Å². The zero-order valence-electron chi connectivity index (χ0n) is 35.6. The summed E-state index contributed by atoms with van der Waals surface area (Å²) < 4.78 is 86.4. The fourth-order valence-corrected chi connectivity index (χ4v) is 6.14. The third kappa shape index (κ3) is 20.8. The summed E-state index contributed by atoms with van der Waals surface area (Å²) in [7, 11) is 4.75. The van der Waals surface area contributed by atoms with E-state index in [1.54, 1.807) is 0 Å². The number of hydrogen-bond acceptors (Lipinski definition) is 29. The van der Waals surface area contributed by atoms with Crippen LogP contribution in [0.3, 0.4) is 0 Å². The first-order valence-electron chi connectivity index (χ1n) is 18.0. The second kappa shape index (κ2) is 33.9. The van der Waals surface area contributed by atoms with E-state index < -0.39 is 156 Å². The van der Waals surface area contributed by atoms with Crippen molar-refractivity contribution in [1.82, 2.24) is 10.6 Å². The van der Waals surface area contributed by atoms with Crippen LogP contribution in [0.4, 0.5) is 0 Å². The zero-order valence-corrected chi connectivity index (χ0v) is 41.8. The average Bonchev–Trinajstić information content (AvgIpc) is 3.24. The van der Waals surface area contributed by atoms with Crippen molar-refractivity contribution in [1.29, 1.82) is 0 Å². The van der Waals surface area contributed by atoms with Crippen LogP contribution >= 0.6 is 0 Å². The summed E-state index contributed by atoms with van der Waals surface area (Å²) in [6.07, 6.45) is -22.3. The molecule has 0 amide bonds. The average molecular weight is 1080 g/mol. The van der Waals surface area contributed by atoms with Gasteiger partial charge in [-0.3, -0.25) is 18.5 Å². The predicted molar refractivity (Wildman–Crippen MR) is 179 cm³/mol. The summed E-state index contributed by atoms with van der Waals surface area (Å²) in [4.78, 5) is 66.5. The van der Waals surface area contributed by atoms with Gasteiger partial charge in [0.05, 0.1) is 44.4 Å². The Morgan fingerprint density at radius 2 is 1.15 bits per heavy atom. The van der Waals surface area contributed by atoms with E-state index in [1.165, 1.54) is 14.2 Å². The van der Waals surface area contributed by atoms with Crippen molar-refractivity contribution >= 4 is 37.1 Å². The number of aldehydes is 4. The van der Waals surface area contributed by atoms with Gasteiger partial charge >= 0.3 is 65.1 Å². The maximum Gasteiger partial charge on any atom is 1.00 e. The van der Waals surface area contributed by atoms with Crippen LogP contribution in [0.15, 0.2) is 0 Å². The van der Waals surface area contributed by atoms with Gasteiger partial charge in [-0.15, -0.1) is 0 Å². The molecule has 3 rings (SSSR count). The van der Waals surface area contributed by atoms with Gasteiger partial charge in [-0.1, -0.05) is 0 Å². The Morgan fingerprint density at radius 1 is 0.692 bits per heavy atom. The van der Waals surface area contributed by atoms with E-state index in [0.717, 1.165) is 14.2 Å². The summed E-state index contributed by atoms with van der Waals surface area (Å²) in [6, 6.07) is -1.97. The Balaban J connectivity index is 0. The molecular weight excluding hydrogens is 1030 g/mol. The molecule has 3 heterocycles. The summed E-state index contributed by atoms with van der Waals surface area (Å²) in [5, 5.41) is 86.3. The molecule has 18 unspecified atom stereocenters. The van der Waals surface area contributed by atoms with E-state index in [0.29, 0.717) is 12.6 Å². The predicted octanol–water partition coefficient (Wildman–Crippen LogP) is -22.8. The summed E-state index contributed by atoms with van der Waals surface area (Å²) in [6.45, 7) is -1.59. The van der Waals surface area contributed by atoms with Crippen LogP contribution in [0.2, 0.25) is 0 Å². The second-order valence-electron chi connectivity index (χ2n) is 12.8. The smallest absolute Gasteiger partial charge is 0.547 e. The fourth-order valence-electron chi connectivity index (χ4n) is 6.14. The number of aliphatic hydroxyl groups is 6. The van der Waals surface area contributed by atoms with Crippen molar-refractivity contribution in [2.45, 2.75) is 110 Å². The van der Waals surface area contributed by atoms with Gasteiger partial charge in [0, 0.05) is 28.4 Å². The molecular formula is C32H51IN2Na2O28. The van der Waals surface area contributed by atoms with Crippen LogP contribution < -0.4 is 109 Å². The maximum atomic E-state index is 11.5. The van der Waals surface area contributed by atoms with Gasteiger partial charge in [-0.2, -0.15) is 0 Å². The van der Waals surface area contributed by atoms with E-state index in [-0.39, 0.29) is 84.8 Å². The van der Waals surface area contributed by atoms with Gasteiger partial charge < -0.3 is 118 Å². The van der Waals surface area contributed by atoms with Gasteiger partial charge in [-0.05, 0) is 0 Å². The molecule has 3 saturated heterocycles. The molecule has 3 aliphatic rings. The number of nitrogens with one attached hydrogen (secondary N) is 2. The minimum atomic E-state index is -5.94. The van der Waals surface area contributed by atoms with Crippen LogP contribution in [0.5, 0.6) is 0 Å². The van der Waals surface area contributed by atoms with Gasteiger partial charge in [0.1, 0.15) is 99.8 Å². The Morgan fingerprint density at radius 3 is 1.51 bits per heavy atom. The molecule has 30 nitrogen and oxygen atoms in total. The third-order valence-electron chi connectivity index (χ3n) is 9.02. The summed E-state index contributed by atoms with van der Waals surface area (Å²) >= 11 is -5.94. The van der Waals surface area contributed by atoms with Gasteiger partial charge in [0.15, 0.2) is 37.5 Å². The molecule has 9 N–H and O–H groups in total. The number of carboxylic acid groups (broad SMARTS) is 2. The summed E-state index contributed by atoms with van der Waals surface area (Å²) in [5.74, 6) is -3.30. The monoisotopic (exact) mass is 1080 g/mol. The molecule has 0 radical (unpaired) electrons. The number of carbonyl (C=O) groups excluding carboxylic acids is 5. The summed E-state index contributed by atoms with van der Waals surface area (Å²) in [5.41, 5.74) is 0.